The number of primary amides is 1. The van der Waals surface area contributed by atoms with E-state index in [2.05, 4.69) is 17.6 Å². The molecule has 0 aromatic heterocycles. The lowest BCUT2D eigenvalue weighted by molar-refractivity contribution is -0.126. The van der Waals surface area contributed by atoms with Crippen molar-refractivity contribution in [2.24, 2.45) is 5.73 Å². The molecule has 0 saturated carbocycles. The fourth-order valence-electron chi connectivity index (χ4n) is 1.90. The molecule has 1 aliphatic heterocycles. The van der Waals surface area contributed by atoms with Crippen LogP contribution in [0.1, 0.15) is 17.2 Å². The van der Waals surface area contributed by atoms with Crippen molar-refractivity contribution in [3.05, 3.63) is 35.4 Å². The Morgan fingerprint density at radius 3 is 3.18 bits per heavy atom. The fraction of sp³-hybridized carbons (Fsp3) is 0.417. The highest BCUT2D eigenvalue weighted by molar-refractivity contribution is 5.74. The number of carbonyl (C=O) groups is 1. The third kappa shape index (κ3) is 3.26. The largest absolute Gasteiger partial charge is 0.372 e. The molecule has 1 aliphatic rings. The molecule has 3 N–H and O–H groups in total. The van der Waals surface area contributed by atoms with E-state index < -0.39 is 5.91 Å². The Morgan fingerprint density at radius 1 is 1.53 bits per heavy atom. The third-order valence-corrected chi connectivity index (χ3v) is 2.68. The molecule has 0 saturated heterocycles. The highest BCUT2D eigenvalue weighted by Crippen LogP contribution is 2.25. The van der Waals surface area contributed by atoms with E-state index in [1.807, 2.05) is 12.1 Å². The van der Waals surface area contributed by atoms with Gasteiger partial charge in [-0.15, -0.1) is 0 Å². The van der Waals surface area contributed by atoms with Crippen molar-refractivity contribution < 1.29 is 14.4 Å². The zero-order valence-corrected chi connectivity index (χ0v) is 9.52. The summed E-state index contributed by atoms with van der Waals surface area (Å²) >= 11 is 0. The summed E-state index contributed by atoms with van der Waals surface area (Å²) in [5.41, 5.74) is 10.1. The lowest BCUT2D eigenvalue weighted by Crippen LogP contribution is -2.30. The van der Waals surface area contributed by atoms with Crippen LogP contribution in [-0.4, -0.2) is 25.7 Å². The van der Waals surface area contributed by atoms with Gasteiger partial charge in [-0.2, -0.15) is 5.48 Å². The van der Waals surface area contributed by atoms with Gasteiger partial charge in [-0.1, -0.05) is 24.3 Å². The topological polar surface area (TPSA) is 73.6 Å². The molecule has 1 heterocycles. The van der Waals surface area contributed by atoms with Crippen LogP contribution in [-0.2, 0) is 20.8 Å². The zero-order valence-electron chi connectivity index (χ0n) is 9.52. The van der Waals surface area contributed by atoms with Gasteiger partial charge in [0, 0.05) is 0 Å². The first-order valence-electron chi connectivity index (χ1n) is 5.59. The Labute approximate surface area is 99.8 Å². The van der Waals surface area contributed by atoms with Gasteiger partial charge in [0.25, 0.3) is 0 Å². The van der Waals surface area contributed by atoms with Crippen LogP contribution < -0.4 is 11.2 Å². The quantitative estimate of drug-likeness (QED) is 0.570. The smallest absolute Gasteiger partial charge is 0.245 e. The Hall–Kier alpha value is -1.43. The molecule has 1 amide bonds. The zero-order chi connectivity index (χ0) is 12.1. The number of ether oxygens (including phenoxy) is 1. The second-order valence-electron chi connectivity index (χ2n) is 3.91. The number of nitrogens with two attached hydrogens (primary N) is 1. The van der Waals surface area contributed by atoms with Crippen molar-refractivity contribution in [1.82, 2.24) is 5.48 Å². The monoisotopic (exact) mass is 236 g/mol. The van der Waals surface area contributed by atoms with Crippen molar-refractivity contribution in [3.8, 4) is 0 Å². The first-order valence-corrected chi connectivity index (χ1v) is 5.59. The van der Waals surface area contributed by atoms with Gasteiger partial charge in [0.05, 0.1) is 19.3 Å². The lowest BCUT2D eigenvalue weighted by atomic mass is 9.98. The van der Waals surface area contributed by atoms with Crippen molar-refractivity contribution in [2.45, 2.75) is 12.5 Å². The standard InChI is InChI=1S/C12H16N2O3/c13-12(15)8-17-14-7-11-10-4-2-1-3-9(10)5-6-16-11/h1-4,11,14H,5-8H2,(H2,13,15). The molecule has 17 heavy (non-hydrogen) atoms. The minimum atomic E-state index is -0.498. The average molecular weight is 236 g/mol. The number of hydroxylamine groups is 1. The first-order chi connectivity index (χ1) is 8.27. The summed E-state index contributed by atoms with van der Waals surface area (Å²) in [6, 6.07) is 8.17. The minimum absolute atomic E-state index is 0.0344. The number of benzene rings is 1. The second kappa shape index (κ2) is 5.77. The summed E-state index contributed by atoms with van der Waals surface area (Å²) in [4.78, 5) is 15.4. The van der Waals surface area contributed by atoms with Crippen LogP contribution in [0.4, 0.5) is 0 Å². The molecule has 92 valence electrons. The van der Waals surface area contributed by atoms with E-state index in [0.717, 1.165) is 6.42 Å². The number of fused-ring (bicyclic) bond motifs is 1. The number of carbonyl (C=O) groups excluding carboxylic acids is 1. The molecule has 0 fully saturated rings. The Balaban J connectivity index is 1.88. The van der Waals surface area contributed by atoms with Gasteiger partial charge in [-0.25, -0.2) is 0 Å². The molecule has 1 unspecified atom stereocenters. The van der Waals surface area contributed by atoms with Gasteiger partial charge < -0.3 is 10.5 Å². The molecule has 0 spiro atoms. The maximum atomic E-state index is 10.5. The van der Waals surface area contributed by atoms with Crippen molar-refractivity contribution in [3.63, 3.8) is 0 Å². The predicted octanol–water partition coefficient (Wildman–Crippen LogP) is 0.307. The van der Waals surface area contributed by atoms with E-state index in [1.165, 1.54) is 11.1 Å². The molecule has 0 bridgehead atoms. The average Bonchev–Trinajstić information content (AvgIpc) is 2.34. The molecule has 1 aromatic rings. The first kappa shape index (κ1) is 12.0. The van der Waals surface area contributed by atoms with Gasteiger partial charge in [0.15, 0.2) is 0 Å². The Bertz CT molecular complexity index is 395. The third-order valence-electron chi connectivity index (χ3n) is 2.68. The number of hydrogen-bond acceptors (Lipinski definition) is 4. The van der Waals surface area contributed by atoms with E-state index in [-0.39, 0.29) is 12.7 Å². The van der Waals surface area contributed by atoms with Gasteiger partial charge in [-0.3, -0.25) is 9.63 Å². The molecule has 1 atom stereocenters. The maximum Gasteiger partial charge on any atom is 0.245 e. The van der Waals surface area contributed by atoms with E-state index in [1.54, 1.807) is 0 Å². The van der Waals surface area contributed by atoms with Crippen LogP contribution in [0.5, 0.6) is 0 Å². The van der Waals surface area contributed by atoms with E-state index >= 15 is 0 Å². The second-order valence-corrected chi connectivity index (χ2v) is 3.91. The van der Waals surface area contributed by atoms with Crippen LogP contribution >= 0.6 is 0 Å². The van der Waals surface area contributed by atoms with E-state index in [4.69, 9.17) is 15.3 Å². The molecular weight excluding hydrogens is 220 g/mol. The molecule has 5 heteroatoms. The molecule has 0 radical (unpaired) electrons. The van der Waals surface area contributed by atoms with Crippen LogP contribution in [0.25, 0.3) is 0 Å². The predicted molar refractivity (Wildman–Crippen MR) is 62.0 cm³/mol. The highest BCUT2D eigenvalue weighted by atomic mass is 16.6. The highest BCUT2D eigenvalue weighted by Gasteiger charge is 2.19. The number of rotatable bonds is 5. The summed E-state index contributed by atoms with van der Waals surface area (Å²) < 4.78 is 5.65. The summed E-state index contributed by atoms with van der Waals surface area (Å²) in [6.07, 6.45) is 0.905. The van der Waals surface area contributed by atoms with Crippen molar-refractivity contribution >= 4 is 5.91 Å². The summed E-state index contributed by atoms with van der Waals surface area (Å²) in [7, 11) is 0. The van der Waals surface area contributed by atoms with E-state index in [0.29, 0.717) is 13.2 Å². The van der Waals surface area contributed by atoms with Crippen LogP contribution in [0.2, 0.25) is 0 Å². The minimum Gasteiger partial charge on any atom is -0.372 e. The summed E-state index contributed by atoms with van der Waals surface area (Å²) in [6.45, 7) is 1.08. The number of nitrogens with one attached hydrogen (secondary N) is 1. The molecule has 2 rings (SSSR count). The van der Waals surface area contributed by atoms with Crippen LogP contribution in [0.3, 0.4) is 0 Å². The normalized spacial score (nSPS) is 18.7. The Kier molecular flexibility index (Phi) is 4.08. The van der Waals surface area contributed by atoms with E-state index in [9.17, 15) is 4.79 Å². The van der Waals surface area contributed by atoms with Crippen molar-refractivity contribution in [2.75, 3.05) is 19.8 Å². The number of hydrogen-bond donors (Lipinski definition) is 2. The summed E-state index contributed by atoms with van der Waals surface area (Å²) in [5.74, 6) is -0.498. The molecular formula is C12H16N2O3. The SMILES string of the molecule is NC(=O)CONCC1OCCc2ccccc21. The fourth-order valence-corrected chi connectivity index (χ4v) is 1.90. The van der Waals surface area contributed by atoms with Gasteiger partial charge >= 0.3 is 0 Å². The summed E-state index contributed by atoms with van der Waals surface area (Å²) in [5, 5.41) is 0. The van der Waals surface area contributed by atoms with Crippen LogP contribution in [0.15, 0.2) is 24.3 Å². The van der Waals surface area contributed by atoms with Crippen molar-refractivity contribution in [1.29, 1.82) is 0 Å². The number of amides is 1. The molecule has 1 aromatic carbocycles. The van der Waals surface area contributed by atoms with Gasteiger partial charge in [0.1, 0.15) is 6.61 Å². The molecule has 0 aliphatic carbocycles. The van der Waals surface area contributed by atoms with Crippen LogP contribution in [0, 0.1) is 0 Å². The lowest BCUT2D eigenvalue weighted by Gasteiger charge is -2.25. The Morgan fingerprint density at radius 2 is 2.35 bits per heavy atom. The maximum absolute atomic E-state index is 10.5. The van der Waals surface area contributed by atoms with Gasteiger partial charge in [0.2, 0.25) is 5.91 Å². The van der Waals surface area contributed by atoms with Gasteiger partial charge in [-0.05, 0) is 17.5 Å². The molecule has 5 nitrogen and oxygen atoms in total.